The maximum atomic E-state index is 12.5. The summed E-state index contributed by atoms with van der Waals surface area (Å²) in [6.45, 7) is 1.76. The third kappa shape index (κ3) is 4.66. The zero-order valence-corrected chi connectivity index (χ0v) is 17.0. The molecule has 0 spiro atoms. The first kappa shape index (κ1) is 20.4. The summed E-state index contributed by atoms with van der Waals surface area (Å²) in [6, 6.07) is 19.5. The number of nitrogens with one attached hydrogen (secondary N) is 1. The summed E-state index contributed by atoms with van der Waals surface area (Å²) in [5.74, 6) is -0.387. The molecule has 4 rings (SSSR count). The Bertz CT molecular complexity index is 1200. The fraction of sp³-hybridized carbons (Fsp3) is 0.240. The van der Waals surface area contributed by atoms with Crippen LogP contribution in [0.25, 0.3) is 17.0 Å². The molecule has 2 heterocycles. The molecular formula is C25H22N4O2. The van der Waals surface area contributed by atoms with E-state index in [1.807, 2.05) is 48.7 Å². The highest BCUT2D eigenvalue weighted by atomic mass is 16.5. The minimum Gasteiger partial charge on any atom is -0.376 e. The number of amides is 1. The van der Waals surface area contributed by atoms with Crippen molar-refractivity contribution in [3.05, 3.63) is 77.0 Å². The van der Waals surface area contributed by atoms with Crippen molar-refractivity contribution in [1.29, 1.82) is 10.5 Å². The summed E-state index contributed by atoms with van der Waals surface area (Å²) >= 11 is 0. The van der Waals surface area contributed by atoms with Crippen molar-refractivity contribution in [2.24, 2.45) is 0 Å². The third-order valence-corrected chi connectivity index (χ3v) is 5.43. The van der Waals surface area contributed by atoms with Crippen LogP contribution in [-0.4, -0.2) is 29.7 Å². The van der Waals surface area contributed by atoms with Crippen LogP contribution in [0.4, 0.5) is 0 Å². The Morgan fingerprint density at radius 3 is 2.71 bits per heavy atom. The van der Waals surface area contributed by atoms with Gasteiger partial charge in [0.2, 0.25) is 0 Å². The lowest BCUT2D eigenvalue weighted by Gasteiger charge is -2.10. The van der Waals surface area contributed by atoms with E-state index in [1.54, 1.807) is 18.2 Å². The molecule has 2 aromatic carbocycles. The molecule has 1 aliphatic heterocycles. The van der Waals surface area contributed by atoms with Crippen molar-refractivity contribution in [2.75, 3.05) is 13.2 Å². The molecule has 6 nitrogen and oxygen atoms in total. The highest BCUT2D eigenvalue weighted by Gasteiger charge is 2.18. The van der Waals surface area contributed by atoms with Gasteiger partial charge in [0.25, 0.3) is 5.91 Å². The van der Waals surface area contributed by atoms with Crippen molar-refractivity contribution in [3.8, 4) is 12.1 Å². The van der Waals surface area contributed by atoms with Crippen LogP contribution in [0, 0.1) is 22.7 Å². The van der Waals surface area contributed by atoms with Gasteiger partial charge in [0, 0.05) is 42.4 Å². The average Bonchev–Trinajstić information content (AvgIpc) is 3.45. The predicted molar refractivity (Wildman–Crippen MR) is 118 cm³/mol. The number of carbonyl (C=O) groups excluding carboxylic acids is 1. The first-order valence-corrected chi connectivity index (χ1v) is 10.3. The van der Waals surface area contributed by atoms with Gasteiger partial charge < -0.3 is 14.6 Å². The average molecular weight is 410 g/mol. The van der Waals surface area contributed by atoms with Gasteiger partial charge in [0.05, 0.1) is 17.7 Å². The number of hydrogen-bond acceptors (Lipinski definition) is 4. The number of nitriles is 2. The number of aromatic nitrogens is 1. The molecule has 1 N–H and O–H groups in total. The van der Waals surface area contributed by atoms with E-state index >= 15 is 0 Å². The summed E-state index contributed by atoms with van der Waals surface area (Å²) in [5.41, 5.74) is 3.57. The van der Waals surface area contributed by atoms with Crippen LogP contribution in [0.5, 0.6) is 0 Å². The fourth-order valence-corrected chi connectivity index (χ4v) is 3.81. The standard InChI is InChI=1S/C25H22N4O2/c26-13-18-7-9-19(10-8-18)16-29-17-21(23-5-1-2-6-24(23)29)12-20(14-27)25(30)28-15-22-4-3-11-31-22/h1-2,5-10,12,17,22H,3-4,11,15-16H2,(H,28,30)/b20-12+/t22-/m1/s1. The Labute approximate surface area is 181 Å². The summed E-state index contributed by atoms with van der Waals surface area (Å²) in [5, 5.41) is 22.3. The maximum Gasteiger partial charge on any atom is 0.262 e. The molecule has 1 fully saturated rings. The Hall–Kier alpha value is -3.87. The van der Waals surface area contributed by atoms with Crippen molar-refractivity contribution < 1.29 is 9.53 Å². The zero-order chi connectivity index (χ0) is 21.6. The molecule has 0 bridgehead atoms. The van der Waals surface area contributed by atoms with E-state index in [2.05, 4.69) is 16.0 Å². The van der Waals surface area contributed by atoms with Crippen molar-refractivity contribution in [2.45, 2.75) is 25.5 Å². The van der Waals surface area contributed by atoms with E-state index in [1.165, 1.54) is 0 Å². The number of fused-ring (bicyclic) bond motifs is 1. The summed E-state index contributed by atoms with van der Waals surface area (Å²) in [6.07, 6.45) is 5.54. The van der Waals surface area contributed by atoms with E-state index in [-0.39, 0.29) is 17.6 Å². The second kappa shape index (κ2) is 9.30. The Morgan fingerprint density at radius 2 is 2.00 bits per heavy atom. The van der Waals surface area contributed by atoms with E-state index in [0.29, 0.717) is 18.7 Å². The number of hydrogen-bond donors (Lipinski definition) is 1. The monoisotopic (exact) mass is 410 g/mol. The number of ether oxygens (including phenoxy) is 1. The minimum absolute atomic E-state index is 0.0261. The molecule has 0 saturated carbocycles. The molecule has 3 aromatic rings. The van der Waals surface area contributed by atoms with Gasteiger partial charge >= 0.3 is 0 Å². The number of rotatable bonds is 6. The zero-order valence-electron chi connectivity index (χ0n) is 17.0. The summed E-state index contributed by atoms with van der Waals surface area (Å²) < 4.78 is 7.61. The van der Waals surface area contributed by atoms with E-state index in [4.69, 9.17) is 10.00 Å². The maximum absolute atomic E-state index is 12.5. The predicted octanol–water partition coefficient (Wildman–Crippen LogP) is 3.76. The molecule has 0 radical (unpaired) electrons. The summed E-state index contributed by atoms with van der Waals surface area (Å²) in [7, 11) is 0. The first-order chi connectivity index (χ1) is 15.2. The van der Waals surface area contributed by atoms with Crippen LogP contribution in [-0.2, 0) is 16.1 Å². The van der Waals surface area contributed by atoms with E-state index in [0.717, 1.165) is 41.5 Å². The van der Waals surface area contributed by atoms with Crippen LogP contribution in [0.1, 0.15) is 29.5 Å². The van der Waals surface area contributed by atoms with Crippen molar-refractivity contribution in [1.82, 2.24) is 9.88 Å². The van der Waals surface area contributed by atoms with Crippen LogP contribution in [0.3, 0.4) is 0 Å². The minimum atomic E-state index is -0.387. The fourth-order valence-electron chi connectivity index (χ4n) is 3.81. The number of benzene rings is 2. The lowest BCUT2D eigenvalue weighted by Crippen LogP contribution is -2.32. The van der Waals surface area contributed by atoms with Gasteiger partial charge in [0.1, 0.15) is 11.6 Å². The number of para-hydroxylation sites is 1. The molecule has 31 heavy (non-hydrogen) atoms. The van der Waals surface area contributed by atoms with Crippen LogP contribution in [0.15, 0.2) is 60.3 Å². The topological polar surface area (TPSA) is 90.8 Å². The molecule has 0 aliphatic carbocycles. The summed E-state index contributed by atoms with van der Waals surface area (Å²) in [4.78, 5) is 12.5. The third-order valence-electron chi connectivity index (χ3n) is 5.43. The van der Waals surface area contributed by atoms with Gasteiger partial charge in [-0.1, -0.05) is 30.3 Å². The van der Waals surface area contributed by atoms with E-state index < -0.39 is 0 Å². The van der Waals surface area contributed by atoms with Gasteiger partial charge in [-0.15, -0.1) is 0 Å². The van der Waals surface area contributed by atoms with Gasteiger partial charge in [0.15, 0.2) is 0 Å². The first-order valence-electron chi connectivity index (χ1n) is 10.3. The highest BCUT2D eigenvalue weighted by Crippen LogP contribution is 2.25. The van der Waals surface area contributed by atoms with Gasteiger partial charge in [-0.05, 0) is 42.7 Å². The quantitative estimate of drug-likeness (QED) is 0.495. The molecular weight excluding hydrogens is 388 g/mol. The molecule has 1 aliphatic rings. The second-order valence-electron chi connectivity index (χ2n) is 7.55. The van der Waals surface area contributed by atoms with Crippen LogP contribution >= 0.6 is 0 Å². The molecule has 1 saturated heterocycles. The lowest BCUT2D eigenvalue weighted by atomic mass is 10.1. The van der Waals surface area contributed by atoms with Gasteiger partial charge in [-0.3, -0.25) is 4.79 Å². The molecule has 1 atom stereocenters. The number of carbonyl (C=O) groups is 1. The lowest BCUT2D eigenvalue weighted by molar-refractivity contribution is -0.117. The second-order valence-corrected chi connectivity index (χ2v) is 7.55. The van der Waals surface area contributed by atoms with Crippen LogP contribution in [0.2, 0.25) is 0 Å². The smallest absolute Gasteiger partial charge is 0.262 e. The molecule has 0 unspecified atom stereocenters. The number of nitrogens with zero attached hydrogens (tertiary/aromatic N) is 3. The SMILES string of the molecule is N#C/C(=C\c1cn(Cc2ccc(C#N)cc2)c2ccccc12)C(=O)NC[C@H]1CCCO1. The largest absolute Gasteiger partial charge is 0.376 e. The molecule has 6 heteroatoms. The molecule has 1 amide bonds. The van der Waals surface area contributed by atoms with Gasteiger partial charge in [-0.2, -0.15) is 10.5 Å². The van der Waals surface area contributed by atoms with Crippen LogP contribution < -0.4 is 5.32 Å². The highest BCUT2D eigenvalue weighted by molar-refractivity contribution is 6.04. The van der Waals surface area contributed by atoms with Gasteiger partial charge in [-0.25, -0.2) is 0 Å². The Kier molecular flexibility index (Phi) is 6.12. The Morgan fingerprint density at radius 1 is 1.19 bits per heavy atom. The normalized spacial score (nSPS) is 16.1. The van der Waals surface area contributed by atoms with Crippen molar-refractivity contribution in [3.63, 3.8) is 0 Å². The Balaban J connectivity index is 1.59. The van der Waals surface area contributed by atoms with E-state index in [9.17, 15) is 10.1 Å². The molecule has 154 valence electrons. The van der Waals surface area contributed by atoms with Crippen molar-refractivity contribution >= 4 is 22.9 Å². The molecule has 1 aromatic heterocycles.